The van der Waals surface area contributed by atoms with E-state index in [1.165, 1.54) is 19.2 Å². The summed E-state index contributed by atoms with van der Waals surface area (Å²) in [5, 5.41) is 6.99. The highest BCUT2D eigenvalue weighted by Gasteiger charge is 2.19. The summed E-state index contributed by atoms with van der Waals surface area (Å²) in [5.41, 5.74) is 1.73. The fourth-order valence-electron chi connectivity index (χ4n) is 2.88. The Labute approximate surface area is 173 Å². The molecule has 0 atom stereocenters. The molecule has 0 saturated carbocycles. The van der Waals surface area contributed by atoms with Gasteiger partial charge in [0.1, 0.15) is 5.75 Å². The fraction of sp³-hybridized carbons (Fsp3) is 0.286. The molecule has 2 aromatic heterocycles. The Hall–Kier alpha value is -3.75. The van der Waals surface area contributed by atoms with E-state index in [9.17, 15) is 14.4 Å². The Bertz CT molecular complexity index is 1100. The summed E-state index contributed by atoms with van der Waals surface area (Å²) < 4.78 is 11.8. The van der Waals surface area contributed by atoms with Crippen LogP contribution in [0.3, 0.4) is 0 Å². The molecule has 9 heteroatoms. The van der Waals surface area contributed by atoms with Gasteiger partial charge in [0.15, 0.2) is 12.3 Å². The van der Waals surface area contributed by atoms with Crippen LogP contribution in [0.25, 0.3) is 11.0 Å². The molecule has 0 aliphatic heterocycles. The lowest BCUT2D eigenvalue weighted by Crippen LogP contribution is -2.34. The topological polar surface area (TPSA) is 112 Å². The van der Waals surface area contributed by atoms with Crippen molar-refractivity contribution in [1.82, 2.24) is 20.1 Å². The quantitative estimate of drug-likeness (QED) is 0.621. The van der Waals surface area contributed by atoms with Gasteiger partial charge in [-0.3, -0.25) is 14.9 Å². The van der Waals surface area contributed by atoms with E-state index < -0.39 is 24.4 Å². The van der Waals surface area contributed by atoms with Crippen molar-refractivity contribution < 1.29 is 23.9 Å². The first-order chi connectivity index (χ1) is 14.3. The highest BCUT2D eigenvalue weighted by Crippen LogP contribution is 2.21. The third-order valence-corrected chi connectivity index (χ3v) is 4.34. The van der Waals surface area contributed by atoms with E-state index in [4.69, 9.17) is 9.47 Å². The number of benzene rings is 1. The van der Waals surface area contributed by atoms with Gasteiger partial charge in [-0.25, -0.2) is 14.5 Å². The first-order valence-corrected chi connectivity index (χ1v) is 9.30. The van der Waals surface area contributed by atoms with Crippen molar-refractivity contribution in [1.29, 1.82) is 0 Å². The molecule has 0 aliphatic carbocycles. The molecular weight excluding hydrogens is 388 g/mol. The molecule has 2 heterocycles. The molecule has 0 saturated heterocycles. The number of hydrogen-bond acceptors (Lipinski definition) is 7. The van der Waals surface area contributed by atoms with Gasteiger partial charge < -0.3 is 9.47 Å². The number of methoxy groups -OCH3 is 1. The van der Waals surface area contributed by atoms with E-state index in [1.54, 1.807) is 36.0 Å². The van der Waals surface area contributed by atoms with Crippen LogP contribution in [0.15, 0.2) is 36.5 Å². The van der Waals surface area contributed by atoms with Crippen LogP contribution in [0.1, 0.15) is 46.3 Å². The molecule has 0 unspecified atom stereocenters. The molecule has 2 amide bonds. The molecule has 3 aromatic rings. The normalized spacial score (nSPS) is 10.8. The number of imide groups is 1. The SMILES string of the molecule is COc1ccc(C(=O)NC(=O)COC(=O)c2cc(C)nc3c2cnn3C(C)C)cc1. The molecular formula is C21H22N4O5. The average molecular weight is 410 g/mol. The third kappa shape index (κ3) is 4.45. The molecule has 0 spiro atoms. The molecule has 9 nitrogen and oxygen atoms in total. The Morgan fingerprint density at radius 2 is 1.87 bits per heavy atom. The van der Waals surface area contributed by atoms with Gasteiger partial charge in [-0.2, -0.15) is 5.10 Å². The number of nitrogens with one attached hydrogen (secondary N) is 1. The number of ether oxygens (including phenoxy) is 2. The largest absolute Gasteiger partial charge is 0.497 e. The number of aryl methyl sites for hydroxylation is 1. The number of carbonyl (C=O) groups excluding carboxylic acids is 3. The van der Waals surface area contributed by atoms with Crippen molar-refractivity contribution >= 4 is 28.8 Å². The maximum absolute atomic E-state index is 12.6. The van der Waals surface area contributed by atoms with E-state index in [1.807, 2.05) is 13.8 Å². The Balaban J connectivity index is 1.66. The molecule has 1 N–H and O–H groups in total. The average Bonchev–Trinajstić information content (AvgIpc) is 3.15. The number of esters is 1. The summed E-state index contributed by atoms with van der Waals surface area (Å²) in [6, 6.07) is 7.90. The zero-order chi connectivity index (χ0) is 21.8. The summed E-state index contributed by atoms with van der Waals surface area (Å²) in [6.45, 7) is 5.08. The Kier molecular flexibility index (Phi) is 6.10. The van der Waals surface area contributed by atoms with Crippen LogP contribution in [-0.4, -0.2) is 46.3 Å². The summed E-state index contributed by atoms with van der Waals surface area (Å²) in [4.78, 5) is 41.2. The van der Waals surface area contributed by atoms with Gasteiger partial charge >= 0.3 is 5.97 Å². The van der Waals surface area contributed by atoms with Gasteiger partial charge in [0.2, 0.25) is 0 Å². The molecule has 1 aromatic carbocycles. The fourth-order valence-corrected chi connectivity index (χ4v) is 2.88. The first kappa shape index (κ1) is 21.0. The summed E-state index contributed by atoms with van der Waals surface area (Å²) >= 11 is 0. The first-order valence-electron chi connectivity index (χ1n) is 9.30. The van der Waals surface area contributed by atoms with Crippen LogP contribution in [0.4, 0.5) is 0 Å². The van der Waals surface area contributed by atoms with Gasteiger partial charge in [-0.05, 0) is 51.1 Å². The van der Waals surface area contributed by atoms with E-state index in [0.717, 1.165) is 0 Å². The van der Waals surface area contributed by atoms with E-state index in [-0.39, 0.29) is 17.2 Å². The Morgan fingerprint density at radius 1 is 1.17 bits per heavy atom. The van der Waals surface area contributed by atoms with Crippen LogP contribution in [-0.2, 0) is 9.53 Å². The Morgan fingerprint density at radius 3 is 2.50 bits per heavy atom. The zero-order valence-corrected chi connectivity index (χ0v) is 17.1. The monoisotopic (exact) mass is 410 g/mol. The van der Waals surface area contributed by atoms with Gasteiger partial charge in [0.05, 0.1) is 24.3 Å². The lowest BCUT2D eigenvalue weighted by Gasteiger charge is -2.09. The molecule has 0 fully saturated rings. The number of pyridine rings is 1. The van der Waals surface area contributed by atoms with Crippen molar-refractivity contribution in [3.63, 3.8) is 0 Å². The molecule has 0 radical (unpaired) electrons. The lowest BCUT2D eigenvalue weighted by molar-refractivity contribution is -0.123. The van der Waals surface area contributed by atoms with Crippen molar-refractivity contribution in [2.75, 3.05) is 13.7 Å². The standard InChI is InChI=1S/C21H22N4O5/c1-12(2)25-19-17(10-22-25)16(9-13(3)23-19)21(28)30-11-18(26)24-20(27)14-5-7-15(29-4)8-6-14/h5-10,12H,11H2,1-4H3,(H,24,26,27). The molecule has 3 rings (SSSR count). The van der Waals surface area contributed by atoms with Crippen LogP contribution < -0.4 is 10.1 Å². The van der Waals surface area contributed by atoms with Gasteiger partial charge in [-0.15, -0.1) is 0 Å². The summed E-state index contributed by atoms with van der Waals surface area (Å²) in [6.07, 6.45) is 1.55. The van der Waals surface area contributed by atoms with E-state index >= 15 is 0 Å². The second-order valence-corrected chi connectivity index (χ2v) is 6.91. The van der Waals surface area contributed by atoms with E-state index in [2.05, 4.69) is 15.4 Å². The highest BCUT2D eigenvalue weighted by molar-refractivity contribution is 6.06. The number of nitrogens with zero attached hydrogens (tertiary/aromatic N) is 3. The van der Waals surface area contributed by atoms with Crippen molar-refractivity contribution in [2.45, 2.75) is 26.8 Å². The second-order valence-electron chi connectivity index (χ2n) is 6.91. The van der Waals surface area contributed by atoms with Crippen molar-refractivity contribution in [3.8, 4) is 5.75 Å². The molecule has 156 valence electrons. The van der Waals surface area contributed by atoms with Crippen LogP contribution in [0.5, 0.6) is 5.75 Å². The maximum atomic E-state index is 12.6. The van der Waals surface area contributed by atoms with Gasteiger partial charge in [0, 0.05) is 17.3 Å². The van der Waals surface area contributed by atoms with Crippen molar-refractivity contribution in [3.05, 3.63) is 53.3 Å². The molecule has 0 aliphatic rings. The predicted octanol–water partition coefficient (Wildman–Crippen LogP) is 2.44. The number of rotatable bonds is 6. The zero-order valence-electron chi connectivity index (χ0n) is 17.1. The summed E-state index contributed by atoms with van der Waals surface area (Å²) in [7, 11) is 1.51. The number of aromatic nitrogens is 3. The number of carbonyl (C=O) groups is 3. The molecule has 30 heavy (non-hydrogen) atoms. The minimum Gasteiger partial charge on any atom is -0.497 e. The van der Waals surface area contributed by atoms with Crippen molar-refractivity contribution in [2.24, 2.45) is 0 Å². The number of hydrogen-bond donors (Lipinski definition) is 1. The minimum atomic E-state index is -0.732. The molecule has 0 bridgehead atoms. The van der Waals surface area contributed by atoms with Gasteiger partial charge in [-0.1, -0.05) is 0 Å². The number of amides is 2. The van der Waals surface area contributed by atoms with Crippen LogP contribution in [0, 0.1) is 6.92 Å². The highest BCUT2D eigenvalue weighted by atomic mass is 16.5. The number of fused-ring (bicyclic) bond motifs is 1. The second kappa shape index (κ2) is 8.73. The van der Waals surface area contributed by atoms with E-state index in [0.29, 0.717) is 22.5 Å². The van der Waals surface area contributed by atoms with Gasteiger partial charge in [0.25, 0.3) is 11.8 Å². The lowest BCUT2D eigenvalue weighted by atomic mass is 10.1. The maximum Gasteiger partial charge on any atom is 0.339 e. The summed E-state index contributed by atoms with van der Waals surface area (Å²) in [5.74, 6) is -1.43. The minimum absolute atomic E-state index is 0.0652. The van der Waals surface area contributed by atoms with Crippen LogP contribution in [0.2, 0.25) is 0 Å². The van der Waals surface area contributed by atoms with Crippen LogP contribution >= 0.6 is 0 Å². The predicted molar refractivity (Wildman–Crippen MR) is 108 cm³/mol. The smallest absolute Gasteiger partial charge is 0.339 e. The third-order valence-electron chi connectivity index (χ3n) is 4.34.